The number of urea groups is 1. The molecule has 0 aliphatic carbocycles. The van der Waals surface area contributed by atoms with E-state index < -0.39 is 16.0 Å². The van der Waals surface area contributed by atoms with Gasteiger partial charge in [-0.25, -0.2) is 18.0 Å². The maximum atomic E-state index is 12.7. The third kappa shape index (κ3) is 5.92. The molecule has 1 aromatic carbocycles. The van der Waals surface area contributed by atoms with E-state index in [9.17, 15) is 22.8 Å². The number of carbonyl (C=O) groups excluding carboxylic acids is 3. The van der Waals surface area contributed by atoms with Crippen molar-refractivity contribution in [1.29, 1.82) is 0 Å². The standard InChI is InChI=1S/C17H24N4O6S/c1-2-18-17(24)20-7-4-10-27-16(23)13-5-3-6-14(11-13)28(25,26)21-9-8-19-15(22)12-21/h3,5-6,11H,2,4,7-10,12H2,1H3,(H,19,22)(H2,18,20,24). The van der Waals surface area contributed by atoms with Crippen LogP contribution in [0.3, 0.4) is 0 Å². The Morgan fingerprint density at radius 3 is 2.79 bits per heavy atom. The SMILES string of the molecule is CCNC(=O)NCCCOC(=O)c1cccc(S(=O)(=O)N2CCNC(=O)C2)c1. The molecule has 2 rings (SSSR count). The predicted molar refractivity (Wildman–Crippen MR) is 100 cm³/mol. The van der Waals surface area contributed by atoms with Crippen LogP contribution in [0.4, 0.5) is 4.79 Å². The van der Waals surface area contributed by atoms with Crippen LogP contribution in [0.2, 0.25) is 0 Å². The molecule has 1 fully saturated rings. The summed E-state index contributed by atoms with van der Waals surface area (Å²) in [7, 11) is -3.88. The lowest BCUT2D eigenvalue weighted by atomic mass is 10.2. The smallest absolute Gasteiger partial charge is 0.338 e. The first kappa shape index (κ1) is 21.6. The number of sulfonamides is 1. The van der Waals surface area contributed by atoms with Crippen molar-refractivity contribution in [2.75, 3.05) is 39.3 Å². The topological polar surface area (TPSA) is 134 Å². The first-order valence-electron chi connectivity index (χ1n) is 8.90. The Labute approximate surface area is 163 Å². The Bertz CT molecular complexity index is 827. The summed E-state index contributed by atoms with van der Waals surface area (Å²) in [5.74, 6) is -1.03. The van der Waals surface area contributed by atoms with Crippen LogP contribution in [-0.4, -0.2) is 70.0 Å². The Morgan fingerprint density at radius 2 is 2.07 bits per heavy atom. The van der Waals surface area contributed by atoms with Crippen LogP contribution in [0.5, 0.6) is 0 Å². The first-order valence-corrected chi connectivity index (χ1v) is 10.3. The van der Waals surface area contributed by atoms with Gasteiger partial charge in [0, 0.05) is 26.2 Å². The van der Waals surface area contributed by atoms with Gasteiger partial charge in [0.15, 0.2) is 0 Å². The highest BCUT2D eigenvalue weighted by Crippen LogP contribution is 2.18. The lowest BCUT2D eigenvalue weighted by Crippen LogP contribution is -2.49. The summed E-state index contributed by atoms with van der Waals surface area (Å²) in [6.07, 6.45) is 0.420. The van der Waals surface area contributed by atoms with Crippen molar-refractivity contribution in [3.8, 4) is 0 Å². The Balaban J connectivity index is 1.92. The van der Waals surface area contributed by atoms with E-state index in [2.05, 4.69) is 16.0 Å². The molecular formula is C17H24N4O6S. The molecule has 1 saturated heterocycles. The van der Waals surface area contributed by atoms with Crippen molar-refractivity contribution in [2.45, 2.75) is 18.2 Å². The minimum atomic E-state index is -3.88. The number of amides is 3. The van der Waals surface area contributed by atoms with E-state index in [0.29, 0.717) is 19.5 Å². The van der Waals surface area contributed by atoms with Gasteiger partial charge in [0.25, 0.3) is 0 Å². The molecule has 0 radical (unpaired) electrons. The van der Waals surface area contributed by atoms with Gasteiger partial charge in [-0.1, -0.05) is 6.07 Å². The molecule has 154 valence electrons. The number of hydrogen-bond donors (Lipinski definition) is 3. The van der Waals surface area contributed by atoms with Crippen molar-refractivity contribution in [3.05, 3.63) is 29.8 Å². The molecule has 0 spiro atoms. The third-order valence-corrected chi connectivity index (χ3v) is 5.73. The van der Waals surface area contributed by atoms with Gasteiger partial charge in [-0.05, 0) is 31.5 Å². The van der Waals surface area contributed by atoms with E-state index in [1.165, 1.54) is 24.3 Å². The van der Waals surface area contributed by atoms with Gasteiger partial charge in [-0.3, -0.25) is 4.79 Å². The molecule has 10 nitrogen and oxygen atoms in total. The van der Waals surface area contributed by atoms with Crippen LogP contribution in [0.25, 0.3) is 0 Å². The van der Waals surface area contributed by atoms with Crippen LogP contribution in [0, 0.1) is 0 Å². The number of esters is 1. The quantitative estimate of drug-likeness (QED) is 0.396. The number of rotatable bonds is 8. The van der Waals surface area contributed by atoms with Crippen molar-refractivity contribution in [1.82, 2.24) is 20.3 Å². The molecule has 3 N–H and O–H groups in total. The van der Waals surface area contributed by atoms with Crippen LogP contribution < -0.4 is 16.0 Å². The molecule has 1 aliphatic rings. The Kier molecular flexibility index (Phi) is 7.76. The van der Waals surface area contributed by atoms with E-state index in [1.807, 2.05) is 0 Å². The highest BCUT2D eigenvalue weighted by molar-refractivity contribution is 7.89. The van der Waals surface area contributed by atoms with Gasteiger partial charge in [0.05, 0.1) is 23.6 Å². The lowest BCUT2D eigenvalue weighted by Gasteiger charge is -2.26. The molecule has 11 heteroatoms. The normalized spacial score (nSPS) is 14.8. The summed E-state index contributed by atoms with van der Waals surface area (Å²) in [5.41, 5.74) is 0.0965. The van der Waals surface area contributed by atoms with E-state index >= 15 is 0 Å². The second-order valence-corrected chi connectivity index (χ2v) is 7.93. The first-order chi connectivity index (χ1) is 13.3. The minimum Gasteiger partial charge on any atom is -0.462 e. The number of piperazine rings is 1. The monoisotopic (exact) mass is 412 g/mol. The van der Waals surface area contributed by atoms with Crippen molar-refractivity contribution >= 4 is 27.9 Å². The molecule has 0 unspecified atom stereocenters. The van der Waals surface area contributed by atoms with E-state index in [0.717, 1.165) is 4.31 Å². The Morgan fingerprint density at radius 1 is 1.29 bits per heavy atom. The molecule has 0 saturated carbocycles. The summed E-state index contributed by atoms with van der Waals surface area (Å²) in [6, 6.07) is 5.21. The number of benzene rings is 1. The maximum absolute atomic E-state index is 12.7. The lowest BCUT2D eigenvalue weighted by molar-refractivity contribution is -0.122. The molecule has 1 aromatic rings. The zero-order chi connectivity index (χ0) is 20.6. The second-order valence-electron chi connectivity index (χ2n) is 5.99. The number of hydrogen-bond acceptors (Lipinski definition) is 6. The molecule has 1 heterocycles. The van der Waals surface area contributed by atoms with Crippen molar-refractivity contribution in [3.63, 3.8) is 0 Å². The van der Waals surface area contributed by atoms with Crippen LogP contribution >= 0.6 is 0 Å². The number of nitrogens with zero attached hydrogens (tertiary/aromatic N) is 1. The van der Waals surface area contributed by atoms with Gasteiger partial charge >= 0.3 is 12.0 Å². The van der Waals surface area contributed by atoms with Crippen LogP contribution in [0.1, 0.15) is 23.7 Å². The molecular weight excluding hydrogens is 388 g/mol. The highest BCUT2D eigenvalue weighted by atomic mass is 32.2. The largest absolute Gasteiger partial charge is 0.462 e. The summed E-state index contributed by atoms with van der Waals surface area (Å²) >= 11 is 0. The summed E-state index contributed by atoms with van der Waals surface area (Å²) in [5, 5.41) is 7.75. The number of nitrogens with one attached hydrogen (secondary N) is 3. The predicted octanol–water partition coefficient (Wildman–Crippen LogP) is -0.327. The van der Waals surface area contributed by atoms with E-state index in [-0.39, 0.29) is 48.6 Å². The maximum Gasteiger partial charge on any atom is 0.338 e. The zero-order valence-corrected chi connectivity index (χ0v) is 16.4. The van der Waals surface area contributed by atoms with Gasteiger partial charge in [-0.15, -0.1) is 0 Å². The van der Waals surface area contributed by atoms with Crippen LogP contribution in [-0.2, 0) is 19.6 Å². The molecule has 0 aromatic heterocycles. The second kappa shape index (κ2) is 10.0. The van der Waals surface area contributed by atoms with Gasteiger partial charge < -0.3 is 20.7 Å². The molecule has 28 heavy (non-hydrogen) atoms. The van der Waals surface area contributed by atoms with E-state index in [1.54, 1.807) is 6.92 Å². The van der Waals surface area contributed by atoms with Gasteiger partial charge in [-0.2, -0.15) is 4.31 Å². The molecule has 0 atom stereocenters. The summed E-state index contributed by atoms with van der Waals surface area (Å²) in [6.45, 7) is 2.89. The van der Waals surface area contributed by atoms with Gasteiger partial charge in [0.2, 0.25) is 15.9 Å². The Hall–Kier alpha value is -2.66. The summed E-state index contributed by atoms with van der Waals surface area (Å²) < 4.78 is 31.5. The van der Waals surface area contributed by atoms with Crippen molar-refractivity contribution < 1.29 is 27.5 Å². The fourth-order valence-corrected chi connectivity index (χ4v) is 3.94. The van der Waals surface area contributed by atoms with Crippen LogP contribution in [0.15, 0.2) is 29.2 Å². The summed E-state index contributed by atoms with van der Waals surface area (Å²) in [4.78, 5) is 34.8. The molecule has 0 bridgehead atoms. The number of carbonyl (C=O) groups is 3. The number of ether oxygens (including phenoxy) is 1. The zero-order valence-electron chi connectivity index (χ0n) is 15.6. The minimum absolute atomic E-state index is 0.0745. The van der Waals surface area contributed by atoms with E-state index in [4.69, 9.17) is 4.74 Å². The highest BCUT2D eigenvalue weighted by Gasteiger charge is 2.29. The average molecular weight is 412 g/mol. The fraction of sp³-hybridized carbons (Fsp3) is 0.471. The molecule has 3 amide bonds. The van der Waals surface area contributed by atoms with Gasteiger partial charge in [0.1, 0.15) is 0 Å². The fourth-order valence-electron chi connectivity index (χ4n) is 2.50. The average Bonchev–Trinajstić information content (AvgIpc) is 2.68. The third-order valence-electron chi connectivity index (χ3n) is 3.89. The van der Waals surface area contributed by atoms with Crippen molar-refractivity contribution in [2.24, 2.45) is 0 Å². The molecule has 1 aliphatic heterocycles.